The van der Waals surface area contributed by atoms with E-state index < -0.39 is 0 Å². The minimum Gasteiger partial charge on any atom is -0.0851 e. The van der Waals surface area contributed by atoms with Gasteiger partial charge in [0.1, 0.15) is 0 Å². The van der Waals surface area contributed by atoms with Crippen LogP contribution in [0.2, 0.25) is 0 Å². The molecule has 0 saturated heterocycles. The highest BCUT2D eigenvalue weighted by Crippen LogP contribution is 2.73. The predicted molar refractivity (Wildman–Crippen MR) is 152 cm³/mol. The van der Waals surface area contributed by atoms with Crippen molar-refractivity contribution in [3.05, 3.63) is 47.5 Å². The summed E-state index contributed by atoms with van der Waals surface area (Å²) in [5, 5.41) is 0. The van der Waals surface area contributed by atoms with Gasteiger partial charge in [-0.25, -0.2) is 0 Å². The molecule has 9 unspecified atom stereocenters. The highest BCUT2D eigenvalue weighted by molar-refractivity contribution is 5.25. The molecule has 3 saturated carbocycles. The van der Waals surface area contributed by atoms with Crippen molar-refractivity contribution >= 4 is 0 Å². The number of fused-ring (bicyclic) bond motifs is 5. The summed E-state index contributed by atoms with van der Waals surface area (Å²) < 4.78 is 0. The smallest absolute Gasteiger partial charge is 0.0120 e. The molecule has 9 atom stereocenters. The third-order valence-electron chi connectivity index (χ3n) is 12.9. The SMILES string of the molecule is Cc1ccc(C(C)CCC2C(C)C=CC3C2(C)CCC2C4(C)CCCC(C)(C)C4CCC32C)cc1. The van der Waals surface area contributed by atoms with Crippen LogP contribution in [0.3, 0.4) is 0 Å². The van der Waals surface area contributed by atoms with Crippen molar-refractivity contribution in [2.24, 2.45) is 51.2 Å². The molecule has 0 nitrogen and oxygen atoms in total. The van der Waals surface area contributed by atoms with E-state index in [1.165, 1.54) is 68.9 Å². The second kappa shape index (κ2) is 8.77. The molecular weight excluding hydrogens is 420 g/mol. The van der Waals surface area contributed by atoms with Crippen LogP contribution in [-0.4, -0.2) is 0 Å². The van der Waals surface area contributed by atoms with Crippen molar-refractivity contribution in [1.82, 2.24) is 0 Å². The molecule has 0 heteroatoms. The highest BCUT2D eigenvalue weighted by atomic mass is 14.7. The first-order valence-corrected chi connectivity index (χ1v) is 15.2. The topological polar surface area (TPSA) is 0 Å². The summed E-state index contributed by atoms with van der Waals surface area (Å²) >= 11 is 0. The Kier molecular flexibility index (Phi) is 6.42. The third-order valence-corrected chi connectivity index (χ3v) is 12.9. The molecule has 194 valence electrons. The lowest BCUT2D eigenvalue weighted by atomic mass is 9.35. The van der Waals surface area contributed by atoms with Crippen LogP contribution in [0.15, 0.2) is 36.4 Å². The molecule has 0 heterocycles. The number of benzene rings is 1. The third kappa shape index (κ3) is 3.99. The maximum absolute atomic E-state index is 2.75. The van der Waals surface area contributed by atoms with Gasteiger partial charge in [-0.3, -0.25) is 0 Å². The first-order valence-electron chi connectivity index (χ1n) is 15.2. The lowest BCUT2D eigenvalue weighted by Gasteiger charge is -2.69. The molecule has 0 aromatic heterocycles. The Hall–Kier alpha value is -1.04. The van der Waals surface area contributed by atoms with E-state index in [2.05, 4.69) is 91.8 Å². The van der Waals surface area contributed by atoms with E-state index in [0.29, 0.717) is 33.5 Å². The maximum atomic E-state index is 2.75. The molecule has 4 aliphatic rings. The van der Waals surface area contributed by atoms with Gasteiger partial charge in [0.25, 0.3) is 0 Å². The standard InChI is InChI=1S/C35H54/c1-24-10-14-27(15-11-24)25(2)12-16-28-26(3)13-17-30-33(28,6)22-19-31-34(7)21-9-20-32(4,5)29(34)18-23-35(30,31)8/h10-11,13-15,17,25-26,28-31H,9,12,16,18-23H2,1-8H3. The predicted octanol–water partition coefficient (Wildman–Crippen LogP) is 10.4. The Morgan fingerprint density at radius 2 is 1.46 bits per heavy atom. The van der Waals surface area contributed by atoms with Gasteiger partial charge in [0, 0.05) is 0 Å². The summed E-state index contributed by atoms with van der Waals surface area (Å²) in [5.41, 5.74) is 4.90. The number of aryl methyl sites for hydroxylation is 1. The Bertz CT molecular complexity index is 935. The molecule has 1 aromatic carbocycles. The zero-order chi connectivity index (χ0) is 25.2. The summed E-state index contributed by atoms with van der Waals surface area (Å²) in [6.07, 6.45) is 18.3. The van der Waals surface area contributed by atoms with Gasteiger partial charge in [-0.05, 0) is 121 Å². The van der Waals surface area contributed by atoms with Crippen LogP contribution < -0.4 is 0 Å². The molecule has 0 bridgehead atoms. The van der Waals surface area contributed by atoms with E-state index in [4.69, 9.17) is 0 Å². The fraction of sp³-hybridized carbons (Fsp3) is 0.771. The van der Waals surface area contributed by atoms with Crippen molar-refractivity contribution in [3.8, 4) is 0 Å². The number of rotatable bonds is 4. The summed E-state index contributed by atoms with van der Waals surface area (Å²) in [6.45, 7) is 20.6. The molecule has 1 aromatic rings. The molecule has 0 spiro atoms. The fourth-order valence-corrected chi connectivity index (χ4v) is 11.0. The lowest BCUT2D eigenvalue weighted by molar-refractivity contribution is -0.193. The highest BCUT2D eigenvalue weighted by Gasteiger charge is 2.65. The quantitative estimate of drug-likeness (QED) is 0.381. The van der Waals surface area contributed by atoms with Gasteiger partial charge in [0.05, 0.1) is 0 Å². The van der Waals surface area contributed by atoms with E-state index in [-0.39, 0.29) is 0 Å². The van der Waals surface area contributed by atoms with Crippen molar-refractivity contribution < 1.29 is 0 Å². The molecule has 4 aliphatic carbocycles. The molecule has 3 fully saturated rings. The van der Waals surface area contributed by atoms with Crippen LogP contribution in [0.1, 0.15) is 123 Å². The summed E-state index contributed by atoms with van der Waals surface area (Å²) in [5.74, 6) is 4.76. The lowest BCUT2D eigenvalue weighted by Crippen LogP contribution is -2.62. The van der Waals surface area contributed by atoms with Crippen LogP contribution in [0, 0.1) is 58.2 Å². The van der Waals surface area contributed by atoms with Gasteiger partial charge in [0.2, 0.25) is 0 Å². The van der Waals surface area contributed by atoms with E-state index in [0.717, 1.165) is 23.7 Å². The van der Waals surface area contributed by atoms with E-state index >= 15 is 0 Å². The van der Waals surface area contributed by atoms with E-state index in [1.54, 1.807) is 0 Å². The van der Waals surface area contributed by atoms with Crippen LogP contribution in [0.25, 0.3) is 0 Å². The van der Waals surface area contributed by atoms with Crippen LogP contribution in [0.4, 0.5) is 0 Å². The van der Waals surface area contributed by atoms with Crippen molar-refractivity contribution in [3.63, 3.8) is 0 Å². The molecule has 0 N–H and O–H groups in total. The van der Waals surface area contributed by atoms with Crippen molar-refractivity contribution in [2.45, 2.75) is 119 Å². The Balaban J connectivity index is 1.39. The summed E-state index contributed by atoms with van der Waals surface area (Å²) in [4.78, 5) is 0. The maximum Gasteiger partial charge on any atom is -0.0120 e. The summed E-state index contributed by atoms with van der Waals surface area (Å²) in [6, 6.07) is 9.32. The molecule has 5 rings (SSSR count). The Morgan fingerprint density at radius 3 is 2.17 bits per heavy atom. The molecule has 0 amide bonds. The number of allylic oxidation sites excluding steroid dienone is 2. The molecule has 35 heavy (non-hydrogen) atoms. The second-order valence-electron chi connectivity index (χ2n) is 15.3. The zero-order valence-electron chi connectivity index (χ0n) is 24.3. The van der Waals surface area contributed by atoms with E-state index in [1.807, 2.05) is 0 Å². The van der Waals surface area contributed by atoms with Crippen LogP contribution in [-0.2, 0) is 0 Å². The number of hydrogen-bond acceptors (Lipinski definition) is 0. The van der Waals surface area contributed by atoms with Gasteiger partial charge in [-0.15, -0.1) is 0 Å². The molecule has 0 aliphatic heterocycles. The second-order valence-corrected chi connectivity index (χ2v) is 15.3. The van der Waals surface area contributed by atoms with Crippen LogP contribution in [0.5, 0.6) is 0 Å². The summed E-state index contributed by atoms with van der Waals surface area (Å²) in [7, 11) is 0. The van der Waals surface area contributed by atoms with Crippen molar-refractivity contribution in [1.29, 1.82) is 0 Å². The Morgan fingerprint density at radius 1 is 0.800 bits per heavy atom. The normalized spacial score (nSPS) is 45.2. The average Bonchev–Trinajstić information content (AvgIpc) is 2.77. The minimum absolute atomic E-state index is 0.458. The first kappa shape index (κ1) is 25.6. The van der Waals surface area contributed by atoms with Gasteiger partial charge >= 0.3 is 0 Å². The fourth-order valence-electron chi connectivity index (χ4n) is 11.0. The Labute approximate surface area is 217 Å². The van der Waals surface area contributed by atoms with Crippen LogP contribution >= 0.6 is 0 Å². The van der Waals surface area contributed by atoms with Gasteiger partial charge in [0.15, 0.2) is 0 Å². The van der Waals surface area contributed by atoms with Gasteiger partial charge < -0.3 is 0 Å². The van der Waals surface area contributed by atoms with Gasteiger partial charge in [-0.1, -0.05) is 96.9 Å². The molecule has 0 radical (unpaired) electrons. The molecular formula is C35H54. The largest absolute Gasteiger partial charge is 0.0851 e. The number of hydrogen-bond donors (Lipinski definition) is 0. The van der Waals surface area contributed by atoms with Crippen molar-refractivity contribution in [2.75, 3.05) is 0 Å². The zero-order valence-corrected chi connectivity index (χ0v) is 24.3. The monoisotopic (exact) mass is 474 g/mol. The van der Waals surface area contributed by atoms with Gasteiger partial charge in [-0.2, -0.15) is 0 Å². The average molecular weight is 475 g/mol. The first-order chi connectivity index (χ1) is 16.4. The van der Waals surface area contributed by atoms with E-state index in [9.17, 15) is 0 Å². The minimum atomic E-state index is 0.458.